The van der Waals surface area contributed by atoms with E-state index in [1.54, 1.807) is 31.2 Å². The highest BCUT2D eigenvalue weighted by Gasteiger charge is 2.34. The summed E-state index contributed by atoms with van der Waals surface area (Å²) < 4.78 is 43.4. The monoisotopic (exact) mass is 621 g/mol. The average molecular weight is 623 g/mol. The maximum atomic E-state index is 15.0. The zero-order valence-corrected chi connectivity index (χ0v) is 25.6. The molecule has 220 valence electrons. The van der Waals surface area contributed by atoms with Gasteiger partial charge in [-0.25, -0.2) is 12.8 Å². The highest BCUT2D eigenvalue weighted by Crippen LogP contribution is 2.28. The summed E-state index contributed by atoms with van der Waals surface area (Å²) in [6.45, 7) is 5.15. The zero-order valence-electron chi connectivity index (χ0n) is 23.2. The smallest absolute Gasteiger partial charge is 0.264 e. The molecule has 0 saturated heterocycles. The van der Waals surface area contributed by atoms with Crippen LogP contribution >= 0.6 is 23.2 Å². The number of amides is 2. The average Bonchev–Trinajstić information content (AvgIpc) is 2.93. The molecule has 41 heavy (non-hydrogen) atoms. The highest BCUT2D eigenvalue weighted by molar-refractivity contribution is 7.92. The molecule has 0 spiro atoms. The summed E-state index contributed by atoms with van der Waals surface area (Å²) in [7, 11) is -4.38. The predicted octanol–water partition coefficient (Wildman–Crippen LogP) is 6.36. The topological polar surface area (TPSA) is 86.8 Å². The van der Waals surface area contributed by atoms with Crippen molar-refractivity contribution in [3.63, 3.8) is 0 Å². The number of aryl methyl sites for hydroxylation is 1. The van der Waals surface area contributed by atoms with Gasteiger partial charge >= 0.3 is 0 Å². The summed E-state index contributed by atoms with van der Waals surface area (Å²) in [6.07, 6.45) is 1.88. The lowest BCUT2D eigenvalue weighted by atomic mass is 10.1. The fourth-order valence-electron chi connectivity index (χ4n) is 4.26. The molecule has 1 atom stereocenters. The normalized spacial score (nSPS) is 12.0. The number of halogens is 3. The standard InChI is InChI=1S/C30H34Cl2FN3O4S/c1-4-6-17-34-30(38)27(5-2)35(19-22-13-14-23(31)18-25(22)32)29(37)20-36(28-10-8-7-9-26(28)33)41(39,40)24-15-11-21(3)12-16-24/h7-16,18,27H,4-6,17,19-20H2,1-3H3,(H,34,38)/t27-/m1/s1. The maximum absolute atomic E-state index is 15.0. The number of benzene rings is 3. The number of para-hydroxylation sites is 1. The van der Waals surface area contributed by atoms with Crippen LogP contribution in [0.4, 0.5) is 10.1 Å². The van der Waals surface area contributed by atoms with Gasteiger partial charge in [-0.15, -0.1) is 0 Å². The molecule has 3 rings (SSSR count). The quantitative estimate of drug-likeness (QED) is 0.225. The second kappa shape index (κ2) is 14.7. The van der Waals surface area contributed by atoms with Crippen molar-refractivity contribution in [1.82, 2.24) is 10.2 Å². The molecular formula is C30H34Cl2FN3O4S. The van der Waals surface area contributed by atoms with E-state index < -0.39 is 34.3 Å². The number of carbonyl (C=O) groups excluding carboxylic acids is 2. The second-order valence-electron chi connectivity index (χ2n) is 9.60. The summed E-state index contributed by atoms with van der Waals surface area (Å²) in [5.41, 5.74) is 1.07. The predicted molar refractivity (Wildman–Crippen MR) is 161 cm³/mol. The van der Waals surface area contributed by atoms with Gasteiger partial charge in [0.15, 0.2) is 0 Å². The molecule has 0 aromatic heterocycles. The number of anilines is 1. The molecule has 0 heterocycles. The molecule has 7 nitrogen and oxygen atoms in total. The number of hydrogen-bond donors (Lipinski definition) is 1. The van der Waals surface area contributed by atoms with Crippen molar-refractivity contribution >= 4 is 50.7 Å². The van der Waals surface area contributed by atoms with Gasteiger partial charge in [-0.05, 0) is 61.7 Å². The van der Waals surface area contributed by atoms with Gasteiger partial charge in [0.2, 0.25) is 11.8 Å². The zero-order chi connectivity index (χ0) is 30.2. The van der Waals surface area contributed by atoms with Crippen LogP contribution in [0.15, 0.2) is 71.6 Å². The van der Waals surface area contributed by atoms with Crippen LogP contribution in [0.3, 0.4) is 0 Å². The van der Waals surface area contributed by atoms with Crippen molar-refractivity contribution in [2.75, 3.05) is 17.4 Å². The lowest BCUT2D eigenvalue weighted by molar-refractivity contribution is -0.140. The molecule has 0 aliphatic rings. The number of hydrogen-bond acceptors (Lipinski definition) is 4. The maximum Gasteiger partial charge on any atom is 0.264 e. The Balaban J connectivity index is 2.07. The van der Waals surface area contributed by atoms with Crippen molar-refractivity contribution in [2.24, 2.45) is 0 Å². The summed E-state index contributed by atoms with van der Waals surface area (Å²) in [6, 6.07) is 15.2. The van der Waals surface area contributed by atoms with Crippen LogP contribution < -0.4 is 9.62 Å². The first-order valence-electron chi connectivity index (χ1n) is 13.3. The molecule has 0 saturated carbocycles. The molecule has 3 aromatic rings. The lowest BCUT2D eigenvalue weighted by Gasteiger charge is -2.33. The van der Waals surface area contributed by atoms with E-state index in [4.69, 9.17) is 23.2 Å². The molecule has 1 N–H and O–H groups in total. The van der Waals surface area contributed by atoms with Crippen molar-refractivity contribution < 1.29 is 22.4 Å². The number of nitrogens with zero attached hydrogens (tertiary/aromatic N) is 2. The third kappa shape index (κ3) is 8.21. The fourth-order valence-corrected chi connectivity index (χ4v) is 6.15. The minimum absolute atomic E-state index is 0.0930. The highest BCUT2D eigenvalue weighted by atomic mass is 35.5. The number of nitrogens with one attached hydrogen (secondary N) is 1. The van der Waals surface area contributed by atoms with Crippen LogP contribution in [0, 0.1) is 12.7 Å². The number of rotatable bonds is 13. The van der Waals surface area contributed by atoms with Gasteiger partial charge in [-0.2, -0.15) is 0 Å². The third-order valence-corrected chi connectivity index (χ3v) is 8.94. The van der Waals surface area contributed by atoms with Crippen LogP contribution in [-0.2, 0) is 26.2 Å². The first-order valence-corrected chi connectivity index (χ1v) is 15.5. The molecule has 0 bridgehead atoms. The van der Waals surface area contributed by atoms with Gasteiger partial charge in [0.25, 0.3) is 10.0 Å². The molecule has 0 unspecified atom stereocenters. The van der Waals surface area contributed by atoms with E-state index in [1.807, 2.05) is 13.8 Å². The van der Waals surface area contributed by atoms with E-state index in [0.717, 1.165) is 28.8 Å². The largest absolute Gasteiger partial charge is 0.354 e. The Morgan fingerprint density at radius 2 is 1.68 bits per heavy atom. The van der Waals surface area contributed by atoms with Crippen LogP contribution in [0.2, 0.25) is 10.0 Å². The molecule has 0 radical (unpaired) electrons. The van der Waals surface area contributed by atoms with Gasteiger partial charge < -0.3 is 10.2 Å². The summed E-state index contributed by atoms with van der Waals surface area (Å²) in [5, 5.41) is 3.54. The van der Waals surface area contributed by atoms with Crippen molar-refractivity contribution in [2.45, 2.75) is 57.5 Å². The van der Waals surface area contributed by atoms with Crippen molar-refractivity contribution in [1.29, 1.82) is 0 Å². The van der Waals surface area contributed by atoms with Gasteiger partial charge in [-0.1, -0.05) is 79.4 Å². The number of carbonyl (C=O) groups is 2. The molecule has 0 fully saturated rings. The van der Waals surface area contributed by atoms with E-state index in [2.05, 4.69) is 5.32 Å². The van der Waals surface area contributed by atoms with Gasteiger partial charge in [-0.3, -0.25) is 13.9 Å². The van der Waals surface area contributed by atoms with Crippen LogP contribution in [-0.4, -0.2) is 44.3 Å². The van der Waals surface area contributed by atoms with Gasteiger partial charge in [0.05, 0.1) is 10.6 Å². The van der Waals surface area contributed by atoms with Gasteiger partial charge in [0.1, 0.15) is 18.4 Å². The lowest BCUT2D eigenvalue weighted by Crippen LogP contribution is -2.52. The molecule has 3 aromatic carbocycles. The molecule has 11 heteroatoms. The van der Waals surface area contributed by atoms with Crippen LogP contribution in [0.25, 0.3) is 0 Å². The Morgan fingerprint density at radius 1 is 1.00 bits per heavy atom. The van der Waals surface area contributed by atoms with E-state index in [9.17, 15) is 18.0 Å². The van der Waals surface area contributed by atoms with E-state index in [0.29, 0.717) is 17.1 Å². The Morgan fingerprint density at radius 3 is 2.29 bits per heavy atom. The number of sulfonamides is 1. The molecule has 2 amide bonds. The first kappa shape index (κ1) is 32.4. The Bertz CT molecular complexity index is 1470. The minimum Gasteiger partial charge on any atom is -0.354 e. The third-order valence-electron chi connectivity index (χ3n) is 6.58. The summed E-state index contributed by atoms with van der Waals surface area (Å²) >= 11 is 12.5. The fraction of sp³-hybridized carbons (Fsp3) is 0.333. The van der Waals surface area contributed by atoms with Crippen LogP contribution in [0.5, 0.6) is 0 Å². The molecule has 0 aliphatic heterocycles. The van der Waals surface area contributed by atoms with Crippen LogP contribution in [0.1, 0.15) is 44.2 Å². The summed E-state index contributed by atoms with van der Waals surface area (Å²) in [4.78, 5) is 28.5. The van der Waals surface area contributed by atoms with E-state index in [1.165, 1.54) is 41.3 Å². The van der Waals surface area contributed by atoms with E-state index >= 15 is 4.39 Å². The molecule has 0 aliphatic carbocycles. The Labute approximate surface area is 251 Å². The summed E-state index contributed by atoms with van der Waals surface area (Å²) in [5.74, 6) is -1.89. The first-order chi connectivity index (χ1) is 19.5. The van der Waals surface area contributed by atoms with Crippen molar-refractivity contribution in [3.8, 4) is 0 Å². The van der Waals surface area contributed by atoms with E-state index in [-0.39, 0.29) is 34.5 Å². The number of unbranched alkanes of at least 4 members (excludes halogenated alkanes) is 1. The second-order valence-corrected chi connectivity index (χ2v) is 12.3. The molecular weight excluding hydrogens is 588 g/mol. The van der Waals surface area contributed by atoms with Crippen molar-refractivity contribution in [3.05, 3.63) is 93.7 Å². The minimum atomic E-state index is -4.38. The SMILES string of the molecule is CCCCNC(=O)[C@@H](CC)N(Cc1ccc(Cl)cc1Cl)C(=O)CN(c1ccccc1F)S(=O)(=O)c1ccc(C)cc1. The Kier molecular flexibility index (Phi) is 11.6. The Hall–Kier alpha value is -3.14. The van der Waals surface area contributed by atoms with Gasteiger partial charge in [0, 0.05) is 23.1 Å².